The normalized spacial score (nSPS) is 10.1. The topological polar surface area (TPSA) is 55.4 Å². The lowest BCUT2D eigenvalue weighted by atomic mass is 10.1. The Morgan fingerprint density at radius 3 is 2.71 bits per heavy atom. The van der Waals surface area contributed by atoms with Crippen molar-refractivity contribution in [1.29, 1.82) is 0 Å². The second-order valence-electron chi connectivity index (χ2n) is 3.95. The number of hydrogen-bond acceptors (Lipinski definition) is 3. The second-order valence-corrected chi connectivity index (χ2v) is 3.95. The van der Waals surface area contributed by atoms with Crippen molar-refractivity contribution in [3.63, 3.8) is 0 Å². The average molecular weight is 235 g/mol. The van der Waals surface area contributed by atoms with Gasteiger partial charge in [-0.3, -0.25) is 9.59 Å². The van der Waals surface area contributed by atoms with E-state index in [2.05, 4.69) is 5.32 Å². The molecule has 0 fully saturated rings. The Bertz CT molecular complexity index is 413. The molecule has 0 bridgehead atoms. The Morgan fingerprint density at radius 2 is 2.18 bits per heavy atom. The van der Waals surface area contributed by atoms with Gasteiger partial charge < -0.3 is 10.1 Å². The molecular weight excluding hydrogens is 218 g/mol. The first-order valence-corrected chi connectivity index (χ1v) is 5.61. The maximum Gasteiger partial charge on any atom is 0.227 e. The fourth-order valence-electron chi connectivity index (χ4n) is 1.28. The van der Waals surface area contributed by atoms with Gasteiger partial charge in [-0.2, -0.15) is 0 Å². The molecule has 1 aromatic rings. The summed E-state index contributed by atoms with van der Waals surface area (Å²) in [4.78, 5) is 22.3. The molecule has 0 aliphatic heterocycles. The molecule has 1 rings (SSSR count). The van der Waals surface area contributed by atoms with Crippen LogP contribution in [0.4, 0.5) is 5.69 Å². The van der Waals surface area contributed by atoms with Crippen molar-refractivity contribution < 1.29 is 14.3 Å². The van der Waals surface area contributed by atoms with Crippen molar-refractivity contribution in [2.24, 2.45) is 5.92 Å². The molecule has 0 radical (unpaired) electrons. The first kappa shape index (κ1) is 13.2. The predicted molar refractivity (Wildman–Crippen MR) is 66.5 cm³/mol. The molecule has 92 valence electrons. The Morgan fingerprint density at radius 1 is 1.47 bits per heavy atom. The van der Waals surface area contributed by atoms with Crippen LogP contribution in [0.5, 0.6) is 5.75 Å². The third-order valence-corrected chi connectivity index (χ3v) is 2.22. The van der Waals surface area contributed by atoms with Gasteiger partial charge in [-0.1, -0.05) is 13.8 Å². The number of carbonyl (C=O) groups is 2. The van der Waals surface area contributed by atoms with Gasteiger partial charge in [0, 0.05) is 11.5 Å². The number of ether oxygens (including phenoxy) is 1. The number of amides is 1. The second kappa shape index (κ2) is 6.03. The number of hydrogen-bond donors (Lipinski definition) is 1. The summed E-state index contributed by atoms with van der Waals surface area (Å²) in [7, 11) is 0. The van der Waals surface area contributed by atoms with Crippen molar-refractivity contribution in [1.82, 2.24) is 0 Å². The van der Waals surface area contributed by atoms with E-state index in [1.165, 1.54) is 0 Å². The molecule has 0 aliphatic rings. The molecule has 0 spiro atoms. The minimum Gasteiger partial charge on any atom is -0.492 e. The third-order valence-electron chi connectivity index (χ3n) is 2.22. The summed E-state index contributed by atoms with van der Waals surface area (Å²) in [5, 5.41) is 2.75. The molecule has 0 unspecified atom stereocenters. The Kier molecular flexibility index (Phi) is 4.69. The summed E-state index contributed by atoms with van der Waals surface area (Å²) in [5.74, 6) is 0.352. The standard InChI is InChI=1S/C13H17NO3/c1-4-17-12-6-5-10(8-15)7-11(12)14-13(16)9(2)3/h5-9H,4H2,1-3H3,(H,14,16). The highest BCUT2D eigenvalue weighted by Crippen LogP contribution is 2.25. The molecular formula is C13H17NO3. The van der Waals surface area contributed by atoms with Gasteiger partial charge in [0.25, 0.3) is 0 Å². The quantitative estimate of drug-likeness (QED) is 0.798. The van der Waals surface area contributed by atoms with E-state index in [1.54, 1.807) is 32.0 Å². The minimum atomic E-state index is -0.121. The lowest BCUT2D eigenvalue weighted by molar-refractivity contribution is -0.118. The molecule has 17 heavy (non-hydrogen) atoms. The van der Waals surface area contributed by atoms with Crippen LogP contribution in [0.3, 0.4) is 0 Å². The highest BCUT2D eigenvalue weighted by Gasteiger charge is 2.11. The van der Waals surface area contributed by atoms with Crippen LogP contribution in [-0.4, -0.2) is 18.8 Å². The van der Waals surface area contributed by atoms with Crippen molar-refractivity contribution >= 4 is 17.9 Å². The molecule has 1 N–H and O–H groups in total. The van der Waals surface area contributed by atoms with Crippen LogP contribution in [0.15, 0.2) is 18.2 Å². The maximum absolute atomic E-state index is 11.6. The lowest BCUT2D eigenvalue weighted by Crippen LogP contribution is -2.18. The Labute approximate surface area is 101 Å². The summed E-state index contributed by atoms with van der Waals surface area (Å²) >= 11 is 0. The number of anilines is 1. The zero-order valence-corrected chi connectivity index (χ0v) is 10.3. The fraction of sp³-hybridized carbons (Fsp3) is 0.385. The van der Waals surface area contributed by atoms with Crippen LogP contribution >= 0.6 is 0 Å². The third kappa shape index (κ3) is 3.59. The minimum absolute atomic E-state index is 0.103. The van der Waals surface area contributed by atoms with Gasteiger partial charge in [0.1, 0.15) is 12.0 Å². The zero-order valence-electron chi connectivity index (χ0n) is 10.3. The molecule has 1 aromatic carbocycles. The maximum atomic E-state index is 11.6. The van der Waals surface area contributed by atoms with Gasteiger partial charge in [-0.15, -0.1) is 0 Å². The van der Waals surface area contributed by atoms with E-state index >= 15 is 0 Å². The van der Waals surface area contributed by atoms with E-state index in [0.29, 0.717) is 23.6 Å². The number of carbonyl (C=O) groups excluding carboxylic acids is 2. The van der Waals surface area contributed by atoms with Crippen molar-refractivity contribution in [2.45, 2.75) is 20.8 Å². The molecule has 4 nitrogen and oxygen atoms in total. The van der Waals surface area contributed by atoms with Crippen LogP contribution in [0, 0.1) is 5.92 Å². The number of nitrogens with one attached hydrogen (secondary N) is 1. The largest absolute Gasteiger partial charge is 0.492 e. The Hall–Kier alpha value is -1.84. The van der Waals surface area contributed by atoms with Crippen LogP contribution in [0.25, 0.3) is 0 Å². The Balaban J connectivity index is 3.00. The first-order chi connectivity index (χ1) is 8.08. The van der Waals surface area contributed by atoms with Gasteiger partial charge in [0.15, 0.2) is 0 Å². The predicted octanol–water partition coefficient (Wildman–Crippen LogP) is 2.49. The van der Waals surface area contributed by atoms with Gasteiger partial charge in [-0.25, -0.2) is 0 Å². The highest BCUT2D eigenvalue weighted by molar-refractivity contribution is 5.94. The van der Waals surface area contributed by atoms with E-state index in [4.69, 9.17) is 4.74 Å². The molecule has 1 amide bonds. The van der Waals surface area contributed by atoms with E-state index in [0.717, 1.165) is 6.29 Å². The van der Waals surface area contributed by atoms with E-state index in [1.807, 2.05) is 6.92 Å². The molecule has 4 heteroatoms. The van der Waals surface area contributed by atoms with Crippen molar-refractivity contribution in [3.05, 3.63) is 23.8 Å². The lowest BCUT2D eigenvalue weighted by Gasteiger charge is -2.13. The first-order valence-electron chi connectivity index (χ1n) is 5.61. The summed E-state index contributed by atoms with van der Waals surface area (Å²) in [6, 6.07) is 4.95. The van der Waals surface area contributed by atoms with Gasteiger partial charge >= 0.3 is 0 Å². The van der Waals surface area contributed by atoms with Crippen LogP contribution in [0.2, 0.25) is 0 Å². The fourth-order valence-corrected chi connectivity index (χ4v) is 1.28. The summed E-state index contributed by atoms with van der Waals surface area (Å²) < 4.78 is 5.39. The van der Waals surface area contributed by atoms with Crippen molar-refractivity contribution in [2.75, 3.05) is 11.9 Å². The SMILES string of the molecule is CCOc1ccc(C=O)cc1NC(=O)C(C)C. The highest BCUT2D eigenvalue weighted by atomic mass is 16.5. The summed E-state index contributed by atoms with van der Waals surface area (Å²) in [6.07, 6.45) is 0.737. The average Bonchev–Trinajstić information content (AvgIpc) is 2.31. The van der Waals surface area contributed by atoms with Crippen LogP contribution < -0.4 is 10.1 Å². The van der Waals surface area contributed by atoms with E-state index in [9.17, 15) is 9.59 Å². The van der Waals surface area contributed by atoms with Crippen LogP contribution in [-0.2, 0) is 4.79 Å². The van der Waals surface area contributed by atoms with Crippen molar-refractivity contribution in [3.8, 4) is 5.75 Å². The van der Waals surface area contributed by atoms with Crippen LogP contribution in [0.1, 0.15) is 31.1 Å². The van der Waals surface area contributed by atoms with Gasteiger partial charge in [0.05, 0.1) is 12.3 Å². The molecule has 0 atom stereocenters. The summed E-state index contributed by atoms with van der Waals surface area (Å²) in [5.41, 5.74) is 1.04. The smallest absolute Gasteiger partial charge is 0.227 e. The zero-order chi connectivity index (χ0) is 12.8. The van der Waals surface area contributed by atoms with E-state index in [-0.39, 0.29) is 11.8 Å². The number of rotatable bonds is 5. The van der Waals surface area contributed by atoms with E-state index < -0.39 is 0 Å². The number of benzene rings is 1. The van der Waals surface area contributed by atoms with Gasteiger partial charge in [-0.05, 0) is 25.1 Å². The molecule has 0 saturated heterocycles. The van der Waals surface area contributed by atoms with Gasteiger partial charge in [0.2, 0.25) is 5.91 Å². The monoisotopic (exact) mass is 235 g/mol. The molecule has 0 saturated carbocycles. The molecule has 0 aliphatic carbocycles. The molecule has 0 heterocycles. The summed E-state index contributed by atoms with van der Waals surface area (Å²) in [6.45, 7) is 5.98. The number of aldehydes is 1. The molecule has 0 aromatic heterocycles.